The smallest absolute Gasteiger partial charge is 0.191 e. The number of rotatable bonds is 7. The Morgan fingerprint density at radius 1 is 1.30 bits per heavy atom. The van der Waals surface area contributed by atoms with Crippen molar-refractivity contribution in [3.8, 4) is 0 Å². The summed E-state index contributed by atoms with van der Waals surface area (Å²) in [6, 6.07) is 4.66. The number of hydrogen-bond acceptors (Lipinski definition) is 6. The molecule has 2 N–H and O–H groups in total. The average molecular weight is 354 g/mol. The van der Waals surface area contributed by atoms with E-state index < -0.39 is 6.10 Å². The summed E-state index contributed by atoms with van der Waals surface area (Å²) < 4.78 is 2.29. The molecule has 0 amide bonds. The Morgan fingerprint density at radius 3 is 2.83 bits per heavy atom. The lowest BCUT2D eigenvalue weighted by Gasteiger charge is -2.25. The number of thioether (sulfide) groups is 1. The van der Waals surface area contributed by atoms with Crippen LogP contribution in [0.1, 0.15) is 48.8 Å². The fourth-order valence-corrected chi connectivity index (χ4v) is 4.67. The lowest BCUT2D eigenvalue weighted by atomic mass is 9.95. The zero-order chi connectivity index (χ0) is 16.1. The molecule has 3 rings (SSSR count). The lowest BCUT2D eigenvalue weighted by Crippen LogP contribution is -2.18. The van der Waals surface area contributed by atoms with Gasteiger partial charge in [-0.15, -0.1) is 21.5 Å². The molecule has 1 atom stereocenters. The van der Waals surface area contributed by atoms with Gasteiger partial charge in [0.05, 0.1) is 12.7 Å². The minimum absolute atomic E-state index is 0.216. The molecule has 1 aliphatic rings. The number of nitrogens with zero attached hydrogens (tertiary/aromatic N) is 3. The minimum atomic E-state index is -0.711. The molecule has 1 fully saturated rings. The second-order valence-electron chi connectivity index (χ2n) is 5.96. The monoisotopic (exact) mass is 353 g/mol. The van der Waals surface area contributed by atoms with Crippen LogP contribution in [0.15, 0.2) is 22.7 Å². The van der Waals surface area contributed by atoms with Crippen LogP contribution < -0.4 is 0 Å². The molecule has 0 aromatic carbocycles. The maximum atomic E-state index is 9.61. The first-order chi connectivity index (χ1) is 11.3. The molecule has 126 valence electrons. The Labute approximate surface area is 144 Å². The molecule has 0 unspecified atom stereocenters. The molecule has 0 radical (unpaired) electrons. The van der Waals surface area contributed by atoms with Gasteiger partial charge in [-0.3, -0.25) is 0 Å². The van der Waals surface area contributed by atoms with Gasteiger partial charge in [-0.25, -0.2) is 0 Å². The largest absolute Gasteiger partial charge is 0.394 e. The van der Waals surface area contributed by atoms with E-state index >= 15 is 0 Å². The van der Waals surface area contributed by atoms with Crippen LogP contribution in [-0.4, -0.2) is 43.4 Å². The second kappa shape index (κ2) is 8.28. The highest BCUT2D eigenvalue weighted by atomic mass is 32.2. The van der Waals surface area contributed by atoms with Crippen LogP contribution in [0.2, 0.25) is 0 Å². The Bertz CT molecular complexity index is 594. The Balaban J connectivity index is 1.81. The predicted molar refractivity (Wildman–Crippen MR) is 93.1 cm³/mol. The van der Waals surface area contributed by atoms with Crippen LogP contribution in [0.5, 0.6) is 0 Å². The summed E-state index contributed by atoms with van der Waals surface area (Å²) in [5.74, 6) is 1.46. The fourth-order valence-electron chi connectivity index (χ4n) is 3.02. The summed E-state index contributed by atoms with van der Waals surface area (Å²) in [6.07, 6.45) is 6.26. The summed E-state index contributed by atoms with van der Waals surface area (Å²) in [5.41, 5.74) is 0. The van der Waals surface area contributed by atoms with Crippen LogP contribution >= 0.6 is 23.1 Å². The summed E-state index contributed by atoms with van der Waals surface area (Å²) >= 11 is 3.23. The van der Waals surface area contributed by atoms with Gasteiger partial charge in [0, 0.05) is 23.1 Å². The van der Waals surface area contributed by atoms with Crippen molar-refractivity contribution in [2.75, 3.05) is 12.4 Å². The highest BCUT2D eigenvalue weighted by Gasteiger charge is 2.23. The standard InChI is InChI=1S/C16H23N3O2S2/c20-10-13(21)11-23-16-18-17-15(9-14-7-4-8-22-14)19(16)12-5-2-1-3-6-12/h4,7-8,12-13,20-21H,1-3,5-6,9-11H2/t13-/m0/s1. The van der Waals surface area contributed by atoms with Crippen molar-refractivity contribution in [3.63, 3.8) is 0 Å². The molecule has 0 saturated heterocycles. The Morgan fingerprint density at radius 2 is 2.13 bits per heavy atom. The zero-order valence-corrected chi connectivity index (χ0v) is 14.7. The van der Waals surface area contributed by atoms with Gasteiger partial charge in [0.2, 0.25) is 0 Å². The van der Waals surface area contributed by atoms with E-state index in [-0.39, 0.29) is 6.61 Å². The van der Waals surface area contributed by atoms with E-state index in [2.05, 4.69) is 32.3 Å². The van der Waals surface area contributed by atoms with E-state index in [1.165, 1.54) is 48.7 Å². The van der Waals surface area contributed by atoms with Gasteiger partial charge >= 0.3 is 0 Å². The van der Waals surface area contributed by atoms with Crippen LogP contribution in [0.25, 0.3) is 0 Å². The van der Waals surface area contributed by atoms with Crippen molar-refractivity contribution < 1.29 is 10.2 Å². The first-order valence-corrected chi connectivity index (χ1v) is 10.0. The van der Waals surface area contributed by atoms with Gasteiger partial charge in [0.15, 0.2) is 5.16 Å². The van der Waals surface area contributed by atoms with Crippen molar-refractivity contribution >= 4 is 23.1 Å². The van der Waals surface area contributed by atoms with Gasteiger partial charge in [0.25, 0.3) is 0 Å². The summed E-state index contributed by atoms with van der Waals surface area (Å²) in [4.78, 5) is 1.29. The third-order valence-electron chi connectivity index (χ3n) is 4.20. The predicted octanol–water partition coefficient (Wildman–Crippen LogP) is 2.88. The maximum absolute atomic E-state index is 9.61. The van der Waals surface area contributed by atoms with Crippen LogP contribution in [0.4, 0.5) is 0 Å². The fraction of sp³-hybridized carbons (Fsp3) is 0.625. The van der Waals surface area contributed by atoms with Crippen LogP contribution in [0, 0.1) is 0 Å². The molecule has 0 aliphatic heterocycles. The topological polar surface area (TPSA) is 71.2 Å². The van der Waals surface area contributed by atoms with E-state index in [4.69, 9.17) is 5.11 Å². The van der Waals surface area contributed by atoms with Gasteiger partial charge < -0.3 is 14.8 Å². The molecule has 0 spiro atoms. The number of aromatic nitrogens is 3. The van der Waals surface area contributed by atoms with Crippen molar-refractivity contribution in [2.24, 2.45) is 0 Å². The second-order valence-corrected chi connectivity index (χ2v) is 7.98. The molecule has 0 bridgehead atoms. The molecule has 7 heteroatoms. The Hall–Kier alpha value is -0.890. The molecule has 2 heterocycles. The van der Waals surface area contributed by atoms with Crippen LogP contribution in [-0.2, 0) is 6.42 Å². The zero-order valence-electron chi connectivity index (χ0n) is 13.1. The molecular weight excluding hydrogens is 330 g/mol. The first kappa shape index (κ1) is 17.0. The quantitative estimate of drug-likeness (QED) is 0.749. The third kappa shape index (κ3) is 4.35. The van der Waals surface area contributed by atoms with Crippen LogP contribution in [0.3, 0.4) is 0 Å². The highest BCUT2D eigenvalue weighted by Crippen LogP contribution is 2.33. The number of hydrogen-bond donors (Lipinski definition) is 2. The van der Waals surface area contributed by atoms with Gasteiger partial charge in [-0.2, -0.15) is 0 Å². The molecule has 2 aromatic heterocycles. The highest BCUT2D eigenvalue weighted by molar-refractivity contribution is 7.99. The molecule has 5 nitrogen and oxygen atoms in total. The normalized spacial score (nSPS) is 17.5. The van der Waals surface area contributed by atoms with Crippen molar-refractivity contribution in [1.29, 1.82) is 0 Å². The van der Waals surface area contributed by atoms with Crippen molar-refractivity contribution in [1.82, 2.24) is 14.8 Å². The van der Waals surface area contributed by atoms with E-state index in [0.717, 1.165) is 17.4 Å². The van der Waals surface area contributed by atoms with Crippen molar-refractivity contribution in [2.45, 2.75) is 55.8 Å². The van der Waals surface area contributed by atoms with Gasteiger partial charge in [-0.1, -0.05) is 37.1 Å². The minimum Gasteiger partial charge on any atom is -0.394 e. The molecular formula is C16H23N3O2S2. The summed E-state index contributed by atoms with van der Waals surface area (Å²) in [6.45, 7) is -0.216. The van der Waals surface area contributed by atoms with E-state index in [1.807, 2.05) is 0 Å². The summed E-state index contributed by atoms with van der Waals surface area (Å²) in [7, 11) is 0. The average Bonchev–Trinajstić information content (AvgIpc) is 3.23. The molecule has 23 heavy (non-hydrogen) atoms. The molecule has 1 saturated carbocycles. The molecule has 2 aromatic rings. The lowest BCUT2D eigenvalue weighted by molar-refractivity contribution is 0.113. The SMILES string of the molecule is OC[C@H](O)CSc1nnc(Cc2cccs2)n1C1CCCCC1. The molecule has 1 aliphatic carbocycles. The number of aliphatic hydroxyl groups excluding tert-OH is 2. The van der Waals surface area contributed by atoms with E-state index in [9.17, 15) is 5.11 Å². The van der Waals surface area contributed by atoms with E-state index in [1.54, 1.807) is 11.3 Å². The number of thiophene rings is 1. The van der Waals surface area contributed by atoms with Gasteiger partial charge in [0.1, 0.15) is 5.82 Å². The Kier molecular flexibility index (Phi) is 6.10. The van der Waals surface area contributed by atoms with Crippen molar-refractivity contribution in [3.05, 3.63) is 28.2 Å². The third-order valence-corrected chi connectivity index (χ3v) is 6.17. The summed E-state index contributed by atoms with van der Waals surface area (Å²) in [5, 5.41) is 30.4. The first-order valence-electron chi connectivity index (χ1n) is 8.16. The maximum Gasteiger partial charge on any atom is 0.191 e. The van der Waals surface area contributed by atoms with E-state index in [0.29, 0.717) is 11.8 Å². The number of aliphatic hydroxyl groups is 2. The van der Waals surface area contributed by atoms with Gasteiger partial charge in [-0.05, 0) is 24.3 Å².